The van der Waals surface area contributed by atoms with Crippen LogP contribution in [0.15, 0.2) is 0 Å². The lowest BCUT2D eigenvalue weighted by Gasteiger charge is -2.26. The summed E-state index contributed by atoms with van der Waals surface area (Å²) < 4.78 is 11.3. The highest BCUT2D eigenvalue weighted by Crippen LogP contribution is 2.30. The first-order valence-electron chi connectivity index (χ1n) is 16.4. The Morgan fingerprint density at radius 2 is 0.838 bits per heavy atom. The number of hydrogen-bond acceptors (Lipinski definition) is 2. The molecule has 0 aliphatic heterocycles. The third-order valence-corrected chi connectivity index (χ3v) is 8.47. The van der Waals surface area contributed by atoms with Crippen molar-refractivity contribution >= 4 is 11.6 Å². The molecule has 0 spiro atoms. The standard InChI is InChI=1S/C34H69ClO2/c1-9-10-11-12-13-19-36-27-37-20-15-17-29(3)22-31(5)24-33(7)26-34(8)25-32(6)23-30(4)21-28(2)16-14-18-35/h28-34H,9-27H2,1-8H3. The SMILES string of the molecule is CCCCCCCOCOCCCC(C)CC(C)CC(C)CC(C)CC(C)CC(C)CC(C)CCCCl. The number of hydrogen-bond donors (Lipinski definition) is 0. The Hall–Kier alpha value is 0.210. The van der Waals surface area contributed by atoms with Gasteiger partial charge < -0.3 is 9.47 Å². The van der Waals surface area contributed by atoms with E-state index in [-0.39, 0.29) is 0 Å². The Labute approximate surface area is 239 Å². The average molecular weight is 545 g/mol. The van der Waals surface area contributed by atoms with Gasteiger partial charge in [0.1, 0.15) is 6.79 Å². The first-order chi connectivity index (χ1) is 17.7. The molecule has 37 heavy (non-hydrogen) atoms. The van der Waals surface area contributed by atoms with E-state index in [0.717, 1.165) is 66.9 Å². The van der Waals surface area contributed by atoms with E-state index in [1.54, 1.807) is 0 Å². The second kappa shape index (κ2) is 25.2. The molecule has 3 heteroatoms. The van der Waals surface area contributed by atoms with Crippen LogP contribution in [0.25, 0.3) is 0 Å². The minimum Gasteiger partial charge on any atom is -0.355 e. The minimum absolute atomic E-state index is 0.472. The molecule has 2 nitrogen and oxygen atoms in total. The first kappa shape index (κ1) is 37.2. The Morgan fingerprint density at radius 3 is 1.27 bits per heavy atom. The van der Waals surface area contributed by atoms with Crippen molar-refractivity contribution in [3.05, 3.63) is 0 Å². The summed E-state index contributed by atoms with van der Waals surface area (Å²) in [6.07, 6.45) is 19.6. The predicted molar refractivity (Wildman–Crippen MR) is 167 cm³/mol. The van der Waals surface area contributed by atoms with Crippen molar-refractivity contribution < 1.29 is 9.47 Å². The van der Waals surface area contributed by atoms with E-state index in [4.69, 9.17) is 21.1 Å². The van der Waals surface area contributed by atoms with Crippen LogP contribution >= 0.6 is 11.6 Å². The van der Waals surface area contributed by atoms with Gasteiger partial charge in [0.05, 0.1) is 0 Å². The molecule has 224 valence electrons. The highest BCUT2D eigenvalue weighted by atomic mass is 35.5. The van der Waals surface area contributed by atoms with Gasteiger partial charge in [0, 0.05) is 19.1 Å². The zero-order valence-corrected chi connectivity index (χ0v) is 27.4. The molecule has 0 radical (unpaired) electrons. The van der Waals surface area contributed by atoms with Gasteiger partial charge in [-0.1, -0.05) is 81.1 Å². The summed E-state index contributed by atoms with van der Waals surface area (Å²) in [5.41, 5.74) is 0. The van der Waals surface area contributed by atoms with Gasteiger partial charge in [-0.3, -0.25) is 0 Å². The molecular formula is C34H69ClO2. The number of ether oxygens (including phenoxy) is 2. The molecular weight excluding hydrogens is 476 g/mol. The third-order valence-electron chi connectivity index (χ3n) is 8.20. The highest BCUT2D eigenvalue weighted by Gasteiger charge is 2.18. The maximum Gasteiger partial charge on any atom is 0.146 e. The molecule has 0 aromatic carbocycles. The predicted octanol–water partition coefficient (Wildman–Crippen LogP) is 11.5. The number of alkyl halides is 1. The lowest BCUT2D eigenvalue weighted by Crippen LogP contribution is -2.14. The van der Waals surface area contributed by atoms with Crippen molar-refractivity contribution in [2.24, 2.45) is 41.4 Å². The smallest absolute Gasteiger partial charge is 0.146 e. The molecule has 0 saturated carbocycles. The zero-order chi connectivity index (χ0) is 27.9. The van der Waals surface area contributed by atoms with E-state index in [2.05, 4.69) is 55.4 Å². The summed E-state index contributed by atoms with van der Waals surface area (Å²) in [4.78, 5) is 0. The van der Waals surface area contributed by atoms with Crippen LogP contribution in [0.2, 0.25) is 0 Å². The minimum atomic E-state index is 0.472. The third kappa shape index (κ3) is 25.0. The van der Waals surface area contributed by atoms with Crippen LogP contribution in [-0.2, 0) is 9.47 Å². The van der Waals surface area contributed by atoms with Crippen LogP contribution in [0.1, 0.15) is 152 Å². The molecule has 0 bridgehead atoms. The van der Waals surface area contributed by atoms with Gasteiger partial charge in [-0.2, -0.15) is 0 Å². The molecule has 0 rings (SSSR count). The molecule has 0 aliphatic carbocycles. The van der Waals surface area contributed by atoms with Crippen LogP contribution in [0, 0.1) is 41.4 Å². The molecule has 7 atom stereocenters. The molecule has 0 amide bonds. The second-order valence-corrected chi connectivity index (χ2v) is 13.9. The van der Waals surface area contributed by atoms with E-state index in [1.807, 2.05) is 0 Å². The zero-order valence-electron chi connectivity index (χ0n) is 26.7. The van der Waals surface area contributed by atoms with Crippen LogP contribution in [0.5, 0.6) is 0 Å². The van der Waals surface area contributed by atoms with Crippen molar-refractivity contribution in [3.8, 4) is 0 Å². The fourth-order valence-electron chi connectivity index (χ4n) is 6.78. The summed E-state index contributed by atoms with van der Waals surface area (Å²) >= 11 is 5.87. The molecule has 0 heterocycles. The Kier molecular flexibility index (Phi) is 25.3. The lowest BCUT2D eigenvalue weighted by molar-refractivity contribution is -0.0561. The van der Waals surface area contributed by atoms with Crippen LogP contribution in [0.3, 0.4) is 0 Å². The number of unbranched alkanes of at least 4 members (excludes halogenated alkanes) is 4. The fourth-order valence-corrected chi connectivity index (χ4v) is 6.94. The summed E-state index contributed by atoms with van der Waals surface area (Å²) in [5.74, 6) is 6.59. The van der Waals surface area contributed by atoms with Gasteiger partial charge in [-0.25, -0.2) is 0 Å². The van der Waals surface area contributed by atoms with Crippen LogP contribution in [0.4, 0.5) is 0 Å². The average Bonchev–Trinajstić information content (AvgIpc) is 2.80. The number of halogens is 1. The normalized spacial score (nSPS) is 17.8. The van der Waals surface area contributed by atoms with E-state index in [1.165, 1.54) is 89.9 Å². The van der Waals surface area contributed by atoms with Gasteiger partial charge in [0.2, 0.25) is 0 Å². The monoisotopic (exact) mass is 544 g/mol. The Bertz CT molecular complexity index is 471. The molecule has 0 saturated heterocycles. The lowest BCUT2D eigenvalue weighted by atomic mass is 9.80. The van der Waals surface area contributed by atoms with Crippen molar-refractivity contribution in [1.82, 2.24) is 0 Å². The molecule has 7 unspecified atom stereocenters. The highest BCUT2D eigenvalue weighted by molar-refractivity contribution is 6.17. The first-order valence-corrected chi connectivity index (χ1v) is 16.9. The van der Waals surface area contributed by atoms with Crippen molar-refractivity contribution in [2.75, 3.05) is 25.9 Å². The van der Waals surface area contributed by atoms with E-state index in [0.29, 0.717) is 6.79 Å². The van der Waals surface area contributed by atoms with Crippen molar-refractivity contribution in [1.29, 1.82) is 0 Å². The molecule has 0 aliphatic rings. The molecule has 0 fully saturated rings. The van der Waals surface area contributed by atoms with Crippen molar-refractivity contribution in [2.45, 2.75) is 152 Å². The van der Waals surface area contributed by atoms with Gasteiger partial charge >= 0.3 is 0 Å². The van der Waals surface area contributed by atoms with Gasteiger partial charge in [0.15, 0.2) is 0 Å². The van der Waals surface area contributed by atoms with E-state index in [9.17, 15) is 0 Å². The maximum atomic E-state index is 5.87. The Balaban J connectivity index is 3.85. The van der Waals surface area contributed by atoms with Crippen LogP contribution in [-0.4, -0.2) is 25.9 Å². The van der Waals surface area contributed by atoms with Gasteiger partial charge in [-0.05, 0) is 112 Å². The maximum absolute atomic E-state index is 5.87. The van der Waals surface area contributed by atoms with Crippen LogP contribution < -0.4 is 0 Å². The van der Waals surface area contributed by atoms with E-state index < -0.39 is 0 Å². The quantitative estimate of drug-likeness (QED) is 0.0581. The Morgan fingerprint density at radius 1 is 0.459 bits per heavy atom. The summed E-state index contributed by atoms with van der Waals surface area (Å²) in [7, 11) is 0. The van der Waals surface area contributed by atoms with E-state index >= 15 is 0 Å². The number of rotatable bonds is 27. The summed E-state index contributed by atoms with van der Waals surface area (Å²) in [6, 6.07) is 0. The molecule has 0 N–H and O–H groups in total. The topological polar surface area (TPSA) is 18.5 Å². The summed E-state index contributed by atoms with van der Waals surface area (Å²) in [6.45, 7) is 21.6. The summed E-state index contributed by atoms with van der Waals surface area (Å²) in [5, 5.41) is 0. The largest absolute Gasteiger partial charge is 0.355 e. The second-order valence-electron chi connectivity index (χ2n) is 13.5. The molecule has 0 aromatic heterocycles. The molecule has 0 aromatic rings. The van der Waals surface area contributed by atoms with Crippen molar-refractivity contribution in [3.63, 3.8) is 0 Å². The van der Waals surface area contributed by atoms with Gasteiger partial charge in [-0.15, -0.1) is 11.6 Å². The van der Waals surface area contributed by atoms with Gasteiger partial charge in [0.25, 0.3) is 0 Å². The fraction of sp³-hybridized carbons (Fsp3) is 1.00.